The fourth-order valence-corrected chi connectivity index (χ4v) is 1.87. The number of anilines is 1. The van der Waals surface area contributed by atoms with E-state index in [1.807, 2.05) is 0 Å². The smallest absolute Gasteiger partial charge is 0.340 e. The Labute approximate surface area is 133 Å². The van der Waals surface area contributed by atoms with Gasteiger partial charge in [-0.2, -0.15) is 0 Å². The van der Waals surface area contributed by atoms with Gasteiger partial charge in [0, 0.05) is 6.07 Å². The lowest BCUT2D eigenvalue weighted by Gasteiger charge is -2.11. The highest BCUT2D eigenvalue weighted by molar-refractivity contribution is 6.01. The van der Waals surface area contributed by atoms with Crippen molar-refractivity contribution >= 4 is 17.6 Å². The Balaban J connectivity index is 1.99. The first-order valence-electron chi connectivity index (χ1n) is 7.04. The highest BCUT2D eigenvalue weighted by atomic mass is 19.1. The van der Waals surface area contributed by atoms with Gasteiger partial charge in [0.15, 0.2) is 6.61 Å². The summed E-state index contributed by atoms with van der Waals surface area (Å²) in [5.74, 6) is -1.19. The van der Waals surface area contributed by atoms with Crippen LogP contribution in [-0.2, 0) is 9.53 Å². The number of hydrogen-bond donors (Lipinski definition) is 1. The second-order valence-corrected chi connectivity index (χ2v) is 4.56. The predicted molar refractivity (Wildman–Crippen MR) is 82.9 cm³/mol. The summed E-state index contributed by atoms with van der Waals surface area (Å²) in [6.07, 6.45) is 0. The third-order valence-electron chi connectivity index (χ3n) is 2.86. The van der Waals surface area contributed by atoms with Gasteiger partial charge in [-0.1, -0.05) is 18.2 Å². The molecule has 0 spiro atoms. The number of halogens is 1. The molecule has 2 aromatic carbocycles. The summed E-state index contributed by atoms with van der Waals surface area (Å²) in [7, 11) is 0. The van der Waals surface area contributed by atoms with Crippen molar-refractivity contribution in [2.24, 2.45) is 0 Å². The fraction of sp³-hybridized carbons (Fsp3) is 0.176. The van der Waals surface area contributed by atoms with E-state index in [9.17, 15) is 14.0 Å². The molecule has 0 aromatic heterocycles. The molecule has 0 fully saturated rings. The molecule has 23 heavy (non-hydrogen) atoms. The molecule has 0 aliphatic carbocycles. The Morgan fingerprint density at radius 1 is 1.13 bits per heavy atom. The van der Waals surface area contributed by atoms with Crippen molar-refractivity contribution < 1.29 is 23.5 Å². The number of benzene rings is 2. The van der Waals surface area contributed by atoms with Gasteiger partial charge >= 0.3 is 5.97 Å². The summed E-state index contributed by atoms with van der Waals surface area (Å²) in [6, 6.07) is 12.0. The average molecular weight is 317 g/mol. The largest absolute Gasteiger partial charge is 0.484 e. The van der Waals surface area contributed by atoms with E-state index in [4.69, 9.17) is 9.47 Å². The minimum absolute atomic E-state index is 0.240. The Kier molecular flexibility index (Phi) is 5.68. The van der Waals surface area contributed by atoms with Crippen LogP contribution in [0.4, 0.5) is 10.1 Å². The Morgan fingerprint density at radius 3 is 2.65 bits per heavy atom. The molecule has 2 aromatic rings. The lowest BCUT2D eigenvalue weighted by molar-refractivity contribution is -0.118. The molecule has 0 radical (unpaired) electrons. The topological polar surface area (TPSA) is 64.6 Å². The van der Waals surface area contributed by atoms with Gasteiger partial charge in [-0.25, -0.2) is 9.18 Å². The zero-order valence-electron chi connectivity index (χ0n) is 12.5. The predicted octanol–water partition coefficient (Wildman–Crippen LogP) is 3.02. The molecule has 2 rings (SSSR count). The van der Waals surface area contributed by atoms with Gasteiger partial charge in [-0.15, -0.1) is 0 Å². The molecule has 0 saturated heterocycles. The van der Waals surface area contributed by atoms with Gasteiger partial charge in [0.2, 0.25) is 0 Å². The summed E-state index contributed by atoms with van der Waals surface area (Å²) >= 11 is 0. The van der Waals surface area contributed by atoms with Gasteiger partial charge in [0.1, 0.15) is 11.6 Å². The lowest BCUT2D eigenvalue weighted by Crippen LogP contribution is -2.22. The highest BCUT2D eigenvalue weighted by Gasteiger charge is 2.14. The minimum atomic E-state index is -0.519. The van der Waals surface area contributed by atoms with E-state index >= 15 is 0 Å². The maximum atomic E-state index is 13.0. The standard InChI is InChI=1S/C17H16FNO4/c1-2-22-17(21)14-8-3-4-9-15(14)19-16(20)11-23-13-7-5-6-12(18)10-13/h3-10H,2,11H2,1H3,(H,19,20). The third kappa shape index (κ3) is 4.81. The van der Waals surface area contributed by atoms with Crippen LogP contribution in [0.15, 0.2) is 48.5 Å². The van der Waals surface area contributed by atoms with E-state index in [0.717, 1.165) is 0 Å². The molecule has 0 unspecified atom stereocenters. The first-order chi connectivity index (χ1) is 11.1. The molecule has 0 aliphatic heterocycles. The van der Waals surface area contributed by atoms with Crippen molar-refractivity contribution in [3.05, 3.63) is 59.9 Å². The summed E-state index contributed by atoms with van der Waals surface area (Å²) in [5, 5.41) is 2.58. The van der Waals surface area contributed by atoms with Crippen LogP contribution in [0, 0.1) is 5.82 Å². The summed E-state index contributed by atoms with van der Waals surface area (Å²) < 4.78 is 23.2. The number of para-hydroxylation sites is 1. The minimum Gasteiger partial charge on any atom is -0.484 e. The van der Waals surface area contributed by atoms with Crippen LogP contribution >= 0.6 is 0 Å². The summed E-state index contributed by atoms with van der Waals surface area (Å²) in [4.78, 5) is 23.7. The summed E-state index contributed by atoms with van der Waals surface area (Å²) in [6.45, 7) is 1.64. The maximum absolute atomic E-state index is 13.0. The van der Waals surface area contributed by atoms with Crippen LogP contribution in [-0.4, -0.2) is 25.1 Å². The monoisotopic (exact) mass is 317 g/mol. The number of hydrogen-bond acceptors (Lipinski definition) is 4. The molecule has 0 aliphatic rings. The Hall–Kier alpha value is -2.89. The SMILES string of the molecule is CCOC(=O)c1ccccc1NC(=O)COc1cccc(F)c1. The maximum Gasteiger partial charge on any atom is 0.340 e. The van der Waals surface area contributed by atoms with Crippen molar-refractivity contribution in [3.8, 4) is 5.75 Å². The molecule has 0 saturated carbocycles. The van der Waals surface area contributed by atoms with Crippen LogP contribution < -0.4 is 10.1 Å². The van der Waals surface area contributed by atoms with Crippen molar-refractivity contribution in [2.75, 3.05) is 18.5 Å². The van der Waals surface area contributed by atoms with E-state index in [2.05, 4.69) is 5.32 Å². The highest BCUT2D eigenvalue weighted by Crippen LogP contribution is 2.17. The quantitative estimate of drug-likeness (QED) is 0.832. The van der Waals surface area contributed by atoms with Crippen molar-refractivity contribution in [1.29, 1.82) is 0 Å². The molecule has 1 amide bonds. The Morgan fingerprint density at radius 2 is 1.91 bits per heavy atom. The second-order valence-electron chi connectivity index (χ2n) is 4.56. The Bertz CT molecular complexity index is 702. The number of esters is 1. The van der Waals surface area contributed by atoms with Crippen LogP contribution in [0.3, 0.4) is 0 Å². The van der Waals surface area contributed by atoms with Crippen molar-refractivity contribution in [1.82, 2.24) is 0 Å². The number of nitrogens with one attached hydrogen (secondary N) is 1. The van der Waals surface area contributed by atoms with Gasteiger partial charge in [-0.3, -0.25) is 4.79 Å². The first kappa shape index (κ1) is 16.5. The lowest BCUT2D eigenvalue weighted by atomic mass is 10.2. The van der Waals surface area contributed by atoms with Crippen molar-refractivity contribution in [2.45, 2.75) is 6.92 Å². The number of rotatable bonds is 6. The molecule has 1 N–H and O–H groups in total. The van der Waals surface area contributed by atoms with Gasteiger partial charge in [-0.05, 0) is 31.2 Å². The molecular weight excluding hydrogens is 301 g/mol. The van der Waals surface area contributed by atoms with E-state index in [1.165, 1.54) is 18.2 Å². The fourth-order valence-electron chi connectivity index (χ4n) is 1.87. The molecule has 120 valence electrons. The van der Waals surface area contributed by atoms with Crippen LogP contribution in [0.5, 0.6) is 5.75 Å². The molecule has 5 nitrogen and oxygen atoms in total. The van der Waals surface area contributed by atoms with Crippen LogP contribution in [0.1, 0.15) is 17.3 Å². The second kappa shape index (κ2) is 7.93. The normalized spacial score (nSPS) is 10.0. The first-order valence-corrected chi connectivity index (χ1v) is 7.04. The molecule has 6 heteroatoms. The zero-order valence-corrected chi connectivity index (χ0v) is 12.5. The van der Waals surface area contributed by atoms with E-state index in [-0.39, 0.29) is 24.5 Å². The van der Waals surface area contributed by atoms with Crippen LogP contribution in [0.25, 0.3) is 0 Å². The summed E-state index contributed by atoms with van der Waals surface area (Å²) in [5.41, 5.74) is 0.590. The zero-order chi connectivity index (χ0) is 16.7. The average Bonchev–Trinajstić information content (AvgIpc) is 2.54. The van der Waals surface area contributed by atoms with E-state index in [0.29, 0.717) is 5.69 Å². The molecule has 0 heterocycles. The van der Waals surface area contributed by atoms with E-state index < -0.39 is 17.7 Å². The number of ether oxygens (including phenoxy) is 2. The van der Waals surface area contributed by atoms with E-state index in [1.54, 1.807) is 37.3 Å². The molecule has 0 atom stereocenters. The molecular formula is C17H16FNO4. The van der Waals surface area contributed by atoms with Crippen molar-refractivity contribution in [3.63, 3.8) is 0 Å². The van der Waals surface area contributed by atoms with Crippen LogP contribution in [0.2, 0.25) is 0 Å². The van der Waals surface area contributed by atoms with Gasteiger partial charge in [0.05, 0.1) is 17.9 Å². The number of amides is 1. The number of carbonyl (C=O) groups excluding carboxylic acids is 2. The molecule has 0 bridgehead atoms. The number of carbonyl (C=O) groups is 2. The van der Waals surface area contributed by atoms with Gasteiger partial charge in [0.25, 0.3) is 5.91 Å². The van der Waals surface area contributed by atoms with Gasteiger partial charge < -0.3 is 14.8 Å². The third-order valence-corrected chi connectivity index (χ3v) is 2.86.